The second kappa shape index (κ2) is 7.38. The Balaban J connectivity index is 1.85. The second-order valence-corrected chi connectivity index (χ2v) is 6.45. The Morgan fingerprint density at radius 1 is 1.65 bits per heavy atom. The highest BCUT2D eigenvalue weighted by atomic mass is 35.5. The van der Waals surface area contributed by atoms with Gasteiger partial charge >= 0.3 is 0 Å². The van der Waals surface area contributed by atoms with Crippen molar-refractivity contribution in [3.63, 3.8) is 0 Å². The van der Waals surface area contributed by atoms with Crippen LogP contribution in [0.1, 0.15) is 30.5 Å². The minimum Gasteiger partial charge on any atom is -0.344 e. The molecule has 1 aromatic heterocycles. The van der Waals surface area contributed by atoms with Gasteiger partial charge in [-0.1, -0.05) is 6.92 Å². The van der Waals surface area contributed by atoms with E-state index in [-0.39, 0.29) is 5.91 Å². The maximum atomic E-state index is 12.2. The Hall–Kier alpha value is -0.650. The van der Waals surface area contributed by atoms with Crippen LogP contribution in [0.2, 0.25) is 0 Å². The molecule has 2 rings (SSSR count). The number of likely N-dealkylation sites (N-methyl/N-ethyl adjacent to an activating group) is 2. The molecule has 2 heterocycles. The van der Waals surface area contributed by atoms with E-state index in [4.69, 9.17) is 11.6 Å². The Bertz CT molecular complexity index is 451. The average Bonchev–Trinajstić information content (AvgIpc) is 3.07. The van der Waals surface area contributed by atoms with E-state index in [9.17, 15) is 4.79 Å². The summed E-state index contributed by atoms with van der Waals surface area (Å²) >= 11 is 7.24. The molecule has 1 saturated heterocycles. The quantitative estimate of drug-likeness (QED) is 0.756. The van der Waals surface area contributed by atoms with Crippen LogP contribution in [0.15, 0.2) is 5.38 Å². The molecule has 112 valence electrons. The Morgan fingerprint density at radius 3 is 3.10 bits per heavy atom. The molecule has 1 amide bonds. The smallest absolute Gasteiger partial charge is 0.229 e. The van der Waals surface area contributed by atoms with Crippen LogP contribution in [0.5, 0.6) is 0 Å². The van der Waals surface area contributed by atoms with Crippen molar-refractivity contribution >= 4 is 28.8 Å². The van der Waals surface area contributed by atoms with Gasteiger partial charge < -0.3 is 4.90 Å². The number of alkyl halides is 1. The molecule has 1 fully saturated rings. The zero-order valence-electron chi connectivity index (χ0n) is 12.1. The standard InChI is InChI=1S/C14H22ClN3OS/c1-3-18-6-4-5-12(18)9-17(2)14(19)7-13-16-11(8-15)10-20-13/h10,12H,3-9H2,1-2H3. The van der Waals surface area contributed by atoms with Gasteiger partial charge in [-0.05, 0) is 25.9 Å². The Labute approximate surface area is 129 Å². The van der Waals surface area contributed by atoms with Crippen LogP contribution in [0.25, 0.3) is 0 Å². The lowest BCUT2D eigenvalue weighted by atomic mass is 10.2. The molecule has 0 spiro atoms. The van der Waals surface area contributed by atoms with E-state index in [0.717, 1.165) is 30.3 Å². The van der Waals surface area contributed by atoms with Crippen molar-refractivity contribution in [3.05, 3.63) is 16.1 Å². The van der Waals surface area contributed by atoms with Crippen molar-refractivity contribution in [1.29, 1.82) is 0 Å². The normalized spacial score (nSPS) is 19.4. The van der Waals surface area contributed by atoms with Crippen LogP contribution in [0.3, 0.4) is 0 Å². The molecule has 1 atom stereocenters. The number of likely N-dealkylation sites (tertiary alicyclic amines) is 1. The van der Waals surface area contributed by atoms with Crippen molar-refractivity contribution in [2.45, 2.75) is 38.1 Å². The number of hydrogen-bond donors (Lipinski definition) is 0. The number of carbonyl (C=O) groups is 1. The first-order valence-electron chi connectivity index (χ1n) is 7.11. The van der Waals surface area contributed by atoms with Gasteiger partial charge in [0.1, 0.15) is 5.01 Å². The zero-order chi connectivity index (χ0) is 14.5. The Kier molecular flexibility index (Phi) is 5.81. The first kappa shape index (κ1) is 15.7. The predicted molar refractivity (Wildman–Crippen MR) is 83.3 cm³/mol. The van der Waals surface area contributed by atoms with E-state index >= 15 is 0 Å². The van der Waals surface area contributed by atoms with Crippen LogP contribution in [0, 0.1) is 0 Å². The van der Waals surface area contributed by atoms with Crippen LogP contribution in [-0.4, -0.2) is 53.4 Å². The van der Waals surface area contributed by atoms with Gasteiger partial charge in [-0.25, -0.2) is 4.98 Å². The SMILES string of the molecule is CCN1CCCC1CN(C)C(=O)Cc1nc(CCl)cs1. The van der Waals surface area contributed by atoms with Crippen LogP contribution in [-0.2, 0) is 17.1 Å². The molecule has 0 radical (unpaired) electrons. The number of amides is 1. The summed E-state index contributed by atoms with van der Waals surface area (Å²) in [5, 5.41) is 2.78. The van der Waals surface area contributed by atoms with E-state index < -0.39 is 0 Å². The number of halogens is 1. The minimum absolute atomic E-state index is 0.142. The van der Waals surface area contributed by atoms with Gasteiger partial charge in [0.25, 0.3) is 0 Å². The number of nitrogens with zero attached hydrogens (tertiary/aromatic N) is 3. The van der Waals surface area contributed by atoms with Gasteiger partial charge in [0, 0.05) is 25.0 Å². The average molecular weight is 316 g/mol. The molecule has 1 aromatic rings. The van der Waals surface area contributed by atoms with Gasteiger partial charge in [-0.15, -0.1) is 22.9 Å². The van der Waals surface area contributed by atoms with Gasteiger partial charge in [0.15, 0.2) is 0 Å². The summed E-state index contributed by atoms with van der Waals surface area (Å²) in [6.45, 7) is 5.23. The first-order chi connectivity index (χ1) is 9.63. The van der Waals surface area contributed by atoms with Crippen LogP contribution < -0.4 is 0 Å². The van der Waals surface area contributed by atoms with E-state index in [1.807, 2.05) is 17.3 Å². The third kappa shape index (κ3) is 3.93. The van der Waals surface area contributed by atoms with Crippen molar-refractivity contribution in [2.24, 2.45) is 0 Å². The molecule has 1 aliphatic rings. The number of aromatic nitrogens is 1. The third-order valence-corrected chi connectivity index (χ3v) is 5.03. The fraction of sp³-hybridized carbons (Fsp3) is 0.714. The molecular formula is C14H22ClN3OS. The predicted octanol–water partition coefficient (Wildman–Crippen LogP) is 2.37. The summed E-state index contributed by atoms with van der Waals surface area (Å²) in [6, 6.07) is 0.517. The number of carbonyl (C=O) groups excluding carboxylic acids is 1. The molecule has 6 heteroatoms. The zero-order valence-corrected chi connectivity index (χ0v) is 13.7. The van der Waals surface area contributed by atoms with E-state index in [0.29, 0.717) is 18.3 Å². The van der Waals surface area contributed by atoms with Crippen molar-refractivity contribution in [3.8, 4) is 0 Å². The van der Waals surface area contributed by atoms with Crippen LogP contribution in [0.4, 0.5) is 0 Å². The lowest BCUT2D eigenvalue weighted by Crippen LogP contribution is -2.41. The summed E-state index contributed by atoms with van der Waals surface area (Å²) in [5.74, 6) is 0.553. The van der Waals surface area contributed by atoms with Gasteiger partial charge in [-0.3, -0.25) is 9.69 Å². The molecule has 0 saturated carbocycles. The molecule has 1 aliphatic heterocycles. The molecule has 4 nitrogen and oxygen atoms in total. The molecule has 0 aliphatic carbocycles. The second-order valence-electron chi connectivity index (χ2n) is 5.24. The minimum atomic E-state index is 0.142. The highest BCUT2D eigenvalue weighted by Gasteiger charge is 2.25. The largest absolute Gasteiger partial charge is 0.344 e. The summed E-state index contributed by atoms with van der Waals surface area (Å²) in [5.41, 5.74) is 0.857. The van der Waals surface area contributed by atoms with Gasteiger partial charge in [-0.2, -0.15) is 0 Å². The molecular weight excluding hydrogens is 294 g/mol. The summed E-state index contributed by atoms with van der Waals surface area (Å²) in [7, 11) is 1.89. The van der Waals surface area contributed by atoms with E-state index in [2.05, 4.69) is 16.8 Å². The van der Waals surface area contributed by atoms with Gasteiger partial charge in [0.2, 0.25) is 5.91 Å². The maximum Gasteiger partial charge on any atom is 0.229 e. The topological polar surface area (TPSA) is 36.4 Å². The Morgan fingerprint density at radius 2 is 2.45 bits per heavy atom. The summed E-state index contributed by atoms with van der Waals surface area (Å²) < 4.78 is 0. The lowest BCUT2D eigenvalue weighted by molar-refractivity contribution is -0.129. The number of thiazole rings is 1. The fourth-order valence-corrected chi connectivity index (χ4v) is 3.71. The number of hydrogen-bond acceptors (Lipinski definition) is 4. The highest BCUT2D eigenvalue weighted by molar-refractivity contribution is 7.09. The molecule has 0 N–H and O–H groups in total. The van der Waals surface area contributed by atoms with Crippen molar-refractivity contribution in [1.82, 2.24) is 14.8 Å². The number of rotatable bonds is 6. The monoisotopic (exact) mass is 315 g/mol. The van der Waals surface area contributed by atoms with Crippen molar-refractivity contribution in [2.75, 3.05) is 26.7 Å². The summed E-state index contributed by atoms with van der Waals surface area (Å²) in [6.07, 6.45) is 2.82. The van der Waals surface area contributed by atoms with Crippen LogP contribution >= 0.6 is 22.9 Å². The molecule has 20 heavy (non-hydrogen) atoms. The van der Waals surface area contributed by atoms with E-state index in [1.165, 1.54) is 24.2 Å². The van der Waals surface area contributed by atoms with E-state index in [1.54, 1.807) is 0 Å². The first-order valence-corrected chi connectivity index (χ1v) is 8.52. The molecule has 1 unspecified atom stereocenters. The molecule has 0 bridgehead atoms. The van der Waals surface area contributed by atoms with Crippen molar-refractivity contribution < 1.29 is 4.79 Å². The third-order valence-electron chi connectivity index (χ3n) is 3.85. The molecule has 0 aromatic carbocycles. The summed E-state index contributed by atoms with van der Waals surface area (Å²) in [4.78, 5) is 20.9. The fourth-order valence-electron chi connectivity index (χ4n) is 2.69. The highest BCUT2D eigenvalue weighted by Crippen LogP contribution is 2.18. The lowest BCUT2D eigenvalue weighted by Gasteiger charge is -2.27. The van der Waals surface area contributed by atoms with Gasteiger partial charge in [0.05, 0.1) is 18.0 Å². The maximum absolute atomic E-state index is 12.2.